The molecule has 0 bridgehead atoms. The molecule has 0 aliphatic rings. The van der Waals surface area contributed by atoms with E-state index in [-0.39, 0.29) is 6.54 Å². The molecular weight excluding hydrogens is 203 g/mol. The van der Waals surface area contributed by atoms with Crippen molar-refractivity contribution >= 4 is 11.9 Å². The smallest absolute Gasteiger partial charge is 0.400 e. The lowest BCUT2D eigenvalue weighted by Gasteiger charge is -2.14. The highest BCUT2D eigenvalue weighted by Crippen LogP contribution is 2.25. The lowest BCUT2D eigenvalue weighted by Crippen LogP contribution is -2.38. The number of carbonyl (C=O) groups is 2. The molecule has 0 radical (unpaired) electrons. The average molecular weight is 213 g/mol. The Morgan fingerprint density at radius 3 is 2.29 bits per heavy atom. The van der Waals surface area contributed by atoms with E-state index >= 15 is 0 Å². The Morgan fingerprint density at radius 2 is 1.93 bits per heavy atom. The molecule has 1 amide bonds. The molecule has 0 rings (SSSR count). The number of aliphatic carboxylic acids is 1. The predicted molar refractivity (Wildman–Crippen MR) is 40.5 cm³/mol. The van der Waals surface area contributed by atoms with Gasteiger partial charge in [-0.3, -0.25) is 9.59 Å². The molecule has 1 atom stereocenters. The number of hydrogen-bond acceptors (Lipinski definition) is 2. The third kappa shape index (κ3) is 4.68. The van der Waals surface area contributed by atoms with Crippen LogP contribution in [0.4, 0.5) is 13.2 Å². The zero-order valence-corrected chi connectivity index (χ0v) is 7.39. The molecule has 2 N–H and O–H groups in total. The standard InChI is InChI=1S/C7H10F3NO3/c1-4(7(8,9)10)6(14)11-3-2-5(12)13/h4H,2-3H2,1H3,(H,11,14)(H,12,13). The number of alkyl halides is 3. The molecule has 0 spiro atoms. The molecule has 1 unspecified atom stereocenters. The van der Waals surface area contributed by atoms with Gasteiger partial charge in [-0.25, -0.2) is 0 Å². The maximum atomic E-state index is 11.9. The molecule has 7 heteroatoms. The summed E-state index contributed by atoms with van der Waals surface area (Å²) in [5, 5.41) is 10.0. The van der Waals surface area contributed by atoms with Crippen LogP contribution in [0.2, 0.25) is 0 Å². The first kappa shape index (κ1) is 12.7. The Hall–Kier alpha value is -1.27. The van der Waals surface area contributed by atoms with Gasteiger partial charge in [0.15, 0.2) is 0 Å². The summed E-state index contributed by atoms with van der Waals surface area (Å²) in [7, 11) is 0. The van der Waals surface area contributed by atoms with Gasteiger partial charge in [-0.1, -0.05) is 0 Å². The number of carboxylic acids is 1. The second-order valence-electron chi connectivity index (χ2n) is 2.70. The largest absolute Gasteiger partial charge is 0.481 e. The minimum absolute atomic E-state index is 0.297. The molecule has 14 heavy (non-hydrogen) atoms. The summed E-state index contributed by atoms with van der Waals surface area (Å²) in [6.45, 7) is 0.421. The van der Waals surface area contributed by atoms with Crippen molar-refractivity contribution in [1.29, 1.82) is 0 Å². The van der Waals surface area contributed by atoms with Crippen LogP contribution < -0.4 is 5.32 Å². The summed E-state index contributed by atoms with van der Waals surface area (Å²) in [6.07, 6.45) is -4.98. The van der Waals surface area contributed by atoms with Gasteiger partial charge in [-0.2, -0.15) is 13.2 Å². The SMILES string of the molecule is CC(C(=O)NCCC(=O)O)C(F)(F)F. The van der Waals surface area contributed by atoms with E-state index in [1.807, 2.05) is 5.32 Å². The van der Waals surface area contributed by atoms with E-state index in [1.165, 1.54) is 0 Å². The summed E-state index contributed by atoms with van der Waals surface area (Å²) in [5.74, 6) is -4.50. The zero-order chi connectivity index (χ0) is 11.4. The van der Waals surface area contributed by atoms with Gasteiger partial charge in [0.1, 0.15) is 5.92 Å². The van der Waals surface area contributed by atoms with Crippen molar-refractivity contribution in [3.8, 4) is 0 Å². The van der Waals surface area contributed by atoms with Crippen molar-refractivity contribution in [1.82, 2.24) is 5.32 Å². The fraction of sp³-hybridized carbons (Fsp3) is 0.714. The predicted octanol–water partition coefficient (Wildman–Crippen LogP) is 0.776. The molecule has 0 aromatic heterocycles. The second-order valence-corrected chi connectivity index (χ2v) is 2.70. The van der Waals surface area contributed by atoms with Crippen molar-refractivity contribution in [2.45, 2.75) is 19.5 Å². The molecule has 0 aromatic carbocycles. The number of nitrogens with one attached hydrogen (secondary N) is 1. The van der Waals surface area contributed by atoms with Crippen molar-refractivity contribution in [3.05, 3.63) is 0 Å². The molecule has 82 valence electrons. The number of hydrogen-bond donors (Lipinski definition) is 2. The maximum Gasteiger partial charge on any atom is 0.400 e. The lowest BCUT2D eigenvalue weighted by atomic mass is 10.1. The van der Waals surface area contributed by atoms with Crippen molar-refractivity contribution in [3.63, 3.8) is 0 Å². The van der Waals surface area contributed by atoms with Crippen LogP contribution in [0.3, 0.4) is 0 Å². The minimum Gasteiger partial charge on any atom is -0.481 e. The first-order chi connectivity index (χ1) is 6.25. The van der Waals surface area contributed by atoms with Crippen LogP contribution in [0.25, 0.3) is 0 Å². The highest BCUT2D eigenvalue weighted by molar-refractivity contribution is 5.79. The van der Waals surface area contributed by atoms with Gasteiger partial charge in [0.05, 0.1) is 6.42 Å². The molecule has 4 nitrogen and oxygen atoms in total. The lowest BCUT2D eigenvalue weighted by molar-refractivity contribution is -0.178. The van der Waals surface area contributed by atoms with Crippen molar-refractivity contribution < 1.29 is 27.9 Å². The van der Waals surface area contributed by atoms with Crippen LogP contribution in [-0.4, -0.2) is 29.7 Å². The Labute approximate surface area is 78.1 Å². The molecule has 0 saturated heterocycles. The highest BCUT2D eigenvalue weighted by Gasteiger charge is 2.40. The van der Waals surface area contributed by atoms with Gasteiger partial charge in [-0.15, -0.1) is 0 Å². The average Bonchev–Trinajstić information content (AvgIpc) is 2.00. The number of carbonyl (C=O) groups excluding carboxylic acids is 1. The van der Waals surface area contributed by atoms with Crippen LogP contribution in [0, 0.1) is 5.92 Å². The number of rotatable bonds is 4. The highest BCUT2D eigenvalue weighted by atomic mass is 19.4. The molecule has 0 saturated carbocycles. The number of amides is 1. The minimum atomic E-state index is -4.59. The van der Waals surface area contributed by atoms with Gasteiger partial charge in [-0.05, 0) is 6.92 Å². The third-order valence-electron chi connectivity index (χ3n) is 1.52. The Kier molecular flexibility index (Phi) is 4.39. The van der Waals surface area contributed by atoms with Gasteiger partial charge in [0, 0.05) is 6.54 Å². The summed E-state index contributed by atoms with van der Waals surface area (Å²) in [4.78, 5) is 20.7. The first-order valence-electron chi connectivity index (χ1n) is 3.81. The zero-order valence-electron chi connectivity index (χ0n) is 7.39. The normalized spacial score (nSPS) is 13.4. The van der Waals surface area contributed by atoms with Crippen LogP contribution in [0.5, 0.6) is 0 Å². The monoisotopic (exact) mass is 213 g/mol. The molecule has 0 aliphatic heterocycles. The summed E-state index contributed by atoms with van der Waals surface area (Å²) < 4.78 is 35.7. The van der Waals surface area contributed by atoms with Gasteiger partial charge in [0.25, 0.3) is 0 Å². The molecule has 0 fully saturated rings. The summed E-state index contributed by atoms with van der Waals surface area (Å²) >= 11 is 0. The molecule has 0 heterocycles. The van der Waals surface area contributed by atoms with Gasteiger partial charge >= 0.3 is 12.1 Å². The van der Waals surface area contributed by atoms with Crippen LogP contribution in [0.1, 0.15) is 13.3 Å². The Balaban J connectivity index is 3.91. The van der Waals surface area contributed by atoms with E-state index in [0.717, 1.165) is 6.92 Å². The Bertz CT molecular complexity index is 227. The van der Waals surface area contributed by atoms with Crippen molar-refractivity contribution in [2.24, 2.45) is 5.92 Å². The summed E-state index contributed by atoms with van der Waals surface area (Å²) in [6, 6.07) is 0. The van der Waals surface area contributed by atoms with Crippen LogP contribution in [0.15, 0.2) is 0 Å². The van der Waals surface area contributed by atoms with E-state index < -0.39 is 30.4 Å². The van der Waals surface area contributed by atoms with E-state index in [1.54, 1.807) is 0 Å². The van der Waals surface area contributed by atoms with E-state index in [9.17, 15) is 22.8 Å². The van der Waals surface area contributed by atoms with Gasteiger partial charge in [0.2, 0.25) is 5.91 Å². The first-order valence-corrected chi connectivity index (χ1v) is 3.81. The fourth-order valence-corrected chi connectivity index (χ4v) is 0.594. The fourth-order valence-electron chi connectivity index (χ4n) is 0.594. The van der Waals surface area contributed by atoms with Gasteiger partial charge < -0.3 is 10.4 Å². The van der Waals surface area contributed by atoms with Crippen LogP contribution in [-0.2, 0) is 9.59 Å². The Morgan fingerprint density at radius 1 is 1.43 bits per heavy atom. The topological polar surface area (TPSA) is 66.4 Å². The quantitative estimate of drug-likeness (QED) is 0.725. The summed E-state index contributed by atoms with van der Waals surface area (Å²) in [5.41, 5.74) is 0. The maximum absolute atomic E-state index is 11.9. The van der Waals surface area contributed by atoms with E-state index in [2.05, 4.69) is 0 Å². The van der Waals surface area contributed by atoms with Crippen molar-refractivity contribution in [2.75, 3.05) is 6.54 Å². The number of carboxylic acid groups (broad SMARTS) is 1. The molecule has 0 aromatic rings. The molecular formula is C7H10F3NO3. The van der Waals surface area contributed by atoms with E-state index in [4.69, 9.17) is 5.11 Å². The third-order valence-corrected chi connectivity index (χ3v) is 1.52. The molecule has 0 aliphatic carbocycles. The van der Waals surface area contributed by atoms with E-state index in [0.29, 0.717) is 0 Å². The van der Waals surface area contributed by atoms with Crippen LogP contribution >= 0.6 is 0 Å². The number of halogens is 3. The second kappa shape index (κ2) is 4.83.